The van der Waals surface area contributed by atoms with E-state index in [4.69, 9.17) is 15.2 Å². The standard InChI is InChI=1S/C9H16N4O3S/c1-7-12-13-9(17-7)11-8(14)6-16-5-4-15-3-2-10/h2-6,10H2,1H3,(H,11,13,14). The number of carbonyl (C=O) groups is 1. The van der Waals surface area contributed by atoms with Gasteiger partial charge in [0.1, 0.15) is 11.6 Å². The Hall–Kier alpha value is -1.09. The van der Waals surface area contributed by atoms with Gasteiger partial charge in [-0.3, -0.25) is 10.1 Å². The van der Waals surface area contributed by atoms with Gasteiger partial charge in [0.25, 0.3) is 5.91 Å². The van der Waals surface area contributed by atoms with Crippen LogP contribution in [0.25, 0.3) is 0 Å². The van der Waals surface area contributed by atoms with E-state index in [1.54, 1.807) is 0 Å². The minimum Gasteiger partial charge on any atom is -0.378 e. The number of aromatic nitrogens is 2. The van der Waals surface area contributed by atoms with Crippen LogP contribution in [0.4, 0.5) is 5.13 Å². The van der Waals surface area contributed by atoms with Crippen LogP contribution in [0.1, 0.15) is 5.01 Å². The normalized spacial score (nSPS) is 10.5. The average molecular weight is 260 g/mol. The van der Waals surface area contributed by atoms with Gasteiger partial charge in [-0.2, -0.15) is 0 Å². The molecule has 0 saturated heterocycles. The van der Waals surface area contributed by atoms with E-state index in [1.807, 2.05) is 6.92 Å². The molecule has 96 valence electrons. The van der Waals surface area contributed by atoms with Crippen molar-refractivity contribution < 1.29 is 14.3 Å². The summed E-state index contributed by atoms with van der Waals surface area (Å²) in [6.07, 6.45) is 0. The highest BCUT2D eigenvalue weighted by atomic mass is 32.1. The maximum absolute atomic E-state index is 11.4. The third-order valence-corrected chi connectivity index (χ3v) is 2.39. The van der Waals surface area contributed by atoms with Gasteiger partial charge < -0.3 is 15.2 Å². The van der Waals surface area contributed by atoms with Crippen LogP contribution in [0.5, 0.6) is 0 Å². The number of hydrogen-bond donors (Lipinski definition) is 2. The summed E-state index contributed by atoms with van der Waals surface area (Å²) in [6, 6.07) is 0. The number of nitrogens with zero attached hydrogens (tertiary/aromatic N) is 2. The van der Waals surface area contributed by atoms with E-state index in [9.17, 15) is 4.79 Å². The summed E-state index contributed by atoms with van der Waals surface area (Å²) in [5.41, 5.74) is 5.24. The van der Waals surface area contributed by atoms with Crippen molar-refractivity contribution in [3.63, 3.8) is 0 Å². The monoisotopic (exact) mass is 260 g/mol. The van der Waals surface area contributed by atoms with Crippen molar-refractivity contribution in [2.45, 2.75) is 6.92 Å². The van der Waals surface area contributed by atoms with E-state index in [0.717, 1.165) is 5.01 Å². The predicted molar refractivity (Wildman–Crippen MR) is 64.0 cm³/mol. The molecule has 0 bridgehead atoms. The van der Waals surface area contributed by atoms with Crippen molar-refractivity contribution in [2.24, 2.45) is 5.73 Å². The molecule has 7 nitrogen and oxygen atoms in total. The van der Waals surface area contributed by atoms with Crippen LogP contribution < -0.4 is 11.1 Å². The van der Waals surface area contributed by atoms with Crippen LogP contribution >= 0.6 is 11.3 Å². The van der Waals surface area contributed by atoms with Crippen molar-refractivity contribution in [1.82, 2.24) is 10.2 Å². The van der Waals surface area contributed by atoms with Crippen LogP contribution in [0.2, 0.25) is 0 Å². The molecule has 0 aliphatic rings. The van der Waals surface area contributed by atoms with Crippen LogP contribution in [-0.2, 0) is 14.3 Å². The molecule has 1 rings (SSSR count). The molecule has 1 aromatic rings. The third kappa shape index (κ3) is 6.27. The van der Waals surface area contributed by atoms with Crippen LogP contribution in [0, 0.1) is 6.92 Å². The Morgan fingerprint density at radius 3 is 2.76 bits per heavy atom. The van der Waals surface area contributed by atoms with Crippen LogP contribution in [0.15, 0.2) is 0 Å². The molecule has 1 amide bonds. The van der Waals surface area contributed by atoms with Gasteiger partial charge in [-0.25, -0.2) is 0 Å². The molecule has 0 aromatic carbocycles. The highest BCUT2D eigenvalue weighted by Gasteiger charge is 2.05. The average Bonchev–Trinajstić information content (AvgIpc) is 2.69. The first-order valence-corrected chi connectivity index (χ1v) is 5.99. The summed E-state index contributed by atoms with van der Waals surface area (Å²) in [5, 5.41) is 11.4. The van der Waals surface area contributed by atoms with E-state index in [1.165, 1.54) is 11.3 Å². The van der Waals surface area contributed by atoms with Crippen molar-refractivity contribution in [3.05, 3.63) is 5.01 Å². The highest BCUT2D eigenvalue weighted by molar-refractivity contribution is 7.15. The maximum Gasteiger partial charge on any atom is 0.252 e. The summed E-state index contributed by atoms with van der Waals surface area (Å²) >= 11 is 1.32. The number of anilines is 1. The number of aryl methyl sites for hydroxylation is 1. The first kappa shape index (κ1) is 14.0. The molecule has 17 heavy (non-hydrogen) atoms. The number of rotatable bonds is 8. The lowest BCUT2D eigenvalue weighted by Crippen LogP contribution is -2.20. The molecule has 0 spiro atoms. The largest absolute Gasteiger partial charge is 0.378 e. The molecular weight excluding hydrogens is 244 g/mol. The van der Waals surface area contributed by atoms with E-state index in [2.05, 4.69) is 15.5 Å². The van der Waals surface area contributed by atoms with E-state index < -0.39 is 0 Å². The van der Waals surface area contributed by atoms with Gasteiger partial charge in [0.05, 0.1) is 19.8 Å². The molecule has 0 atom stereocenters. The summed E-state index contributed by atoms with van der Waals surface area (Å²) in [7, 11) is 0. The van der Waals surface area contributed by atoms with Crippen LogP contribution in [0.3, 0.4) is 0 Å². The summed E-state index contributed by atoms with van der Waals surface area (Å²) in [5.74, 6) is -0.250. The number of amides is 1. The van der Waals surface area contributed by atoms with Gasteiger partial charge in [0.15, 0.2) is 0 Å². The summed E-state index contributed by atoms with van der Waals surface area (Å²) < 4.78 is 10.2. The Bertz CT molecular complexity index is 345. The first-order valence-electron chi connectivity index (χ1n) is 5.18. The van der Waals surface area contributed by atoms with Crippen LogP contribution in [-0.4, -0.2) is 49.1 Å². The van der Waals surface area contributed by atoms with E-state index in [-0.39, 0.29) is 12.5 Å². The molecule has 0 saturated carbocycles. The molecule has 3 N–H and O–H groups in total. The number of carbonyl (C=O) groups excluding carboxylic acids is 1. The molecule has 0 aliphatic heterocycles. The second-order valence-corrected chi connectivity index (χ2v) is 4.31. The molecule has 0 radical (unpaired) electrons. The number of nitrogens with one attached hydrogen (secondary N) is 1. The molecular formula is C9H16N4O3S. The quantitative estimate of drug-likeness (QED) is 0.627. The second-order valence-electron chi connectivity index (χ2n) is 3.13. The van der Waals surface area contributed by atoms with Gasteiger partial charge in [0, 0.05) is 6.54 Å². The number of nitrogens with two attached hydrogens (primary N) is 1. The number of ether oxygens (including phenoxy) is 2. The zero-order valence-corrected chi connectivity index (χ0v) is 10.5. The van der Waals surface area contributed by atoms with E-state index in [0.29, 0.717) is 31.5 Å². The highest BCUT2D eigenvalue weighted by Crippen LogP contribution is 2.12. The smallest absolute Gasteiger partial charge is 0.252 e. The molecule has 8 heteroatoms. The van der Waals surface area contributed by atoms with Gasteiger partial charge in [-0.15, -0.1) is 10.2 Å². The van der Waals surface area contributed by atoms with Crippen molar-refractivity contribution in [1.29, 1.82) is 0 Å². The Labute approximate surface area is 103 Å². The SMILES string of the molecule is Cc1nnc(NC(=O)COCCOCCN)s1. The molecule has 0 aliphatic carbocycles. The van der Waals surface area contributed by atoms with Gasteiger partial charge >= 0.3 is 0 Å². The van der Waals surface area contributed by atoms with E-state index >= 15 is 0 Å². The van der Waals surface area contributed by atoms with Crippen molar-refractivity contribution in [3.8, 4) is 0 Å². The third-order valence-electron chi connectivity index (χ3n) is 1.64. The molecule has 1 heterocycles. The fourth-order valence-corrected chi connectivity index (χ4v) is 1.58. The Balaban J connectivity index is 2.05. The number of hydrogen-bond acceptors (Lipinski definition) is 7. The lowest BCUT2D eigenvalue weighted by atomic mass is 10.6. The maximum atomic E-state index is 11.4. The summed E-state index contributed by atoms with van der Waals surface area (Å²) in [4.78, 5) is 11.4. The summed E-state index contributed by atoms with van der Waals surface area (Å²) in [6.45, 7) is 3.57. The zero-order chi connectivity index (χ0) is 12.5. The Kier molecular flexibility index (Phi) is 6.63. The molecule has 0 unspecified atom stereocenters. The molecule has 1 aromatic heterocycles. The van der Waals surface area contributed by atoms with Gasteiger partial charge in [-0.1, -0.05) is 11.3 Å². The fraction of sp³-hybridized carbons (Fsp3) is 0.667. The lowest BCUT2D eigenvalue weighted by Gasteiger charge is -2.04. The van der Waals surface area contributed by atoms with Gasteiger partial charge in [0.2, 0.25) is 5.13 Å². The first-order chi connectivity index (χ1) is 8.22. The fourth-order valence-electron chi connectivity index (χ4n) is 0.971. The minimum atomic E-state index is -0.250. The van der Waals surface area contributed by atoms with Gasteiger partial charge in [-0.05, 0) is 6.92 Å². The van der Waals surface area contributed by atoms with Crippen molar-refractivity contribution in [2.75, 3.05) is 38.3 Å². The topological polar surface area (TPSA) is 99.4 Å². The Morgan fingerprint density at radius 2 is 2.12 bits per heavy atom. The molecule has 0 fully saturated rings. The minimum absolute atomic E-state index is 0.0232. The Morgan fingerprint density at radius 1 is 1.35 bits per heavy atom. The lowest BCUT2D eigenvalue weighted by molar-refractivity contribution is -0.121. The second kappa shape index (κ2) is 8.07. The predicted octanol–water partition coefficient (Wildman–Crippen LogP) is -0.223. The zero-order valence-electron chi connectivity index (χ0n) is 9.64. The van der Waals surface area contributed by atoms with Crippen molar-refractivity contribution >= 4 is 22.4 Å².